The normalized spacial score (nSPS) is 14.6. The molecule has 0 aliphatic heterocycles. The van der Waals surface area contributed by atoms with Crippen molar-refractivity contribution in [3.05, 3.63) is 22.5 Å². The first-order valence-corrected chi connectivity index (χ1v) is 9.08. The molecule has 138 valence electrons. The Kier molecular flexibility index (Phi) is 6.39. The number of hydrogen-bond acceptors (Lipinski definition) is 4. The van der Waals surface area contributed by atoms with Crippen LogP contribution in [0.15, 0.2) is 0 Å². The maximum absolute atomic E-state index is 12.8. The molecule has 1 saturated carbocycles. The predicted molar refractivity (Wildman–Crippen MR) is 94.8 cm³/mol. The van der Waals surface area contributed by atoms with Gasteiger partial charge < -0.3 is 14.6 Å². The van der Waals surface area contributed by atoms with Gasteiger partial charge in [-0.3, -0.25) is 9.59 Å². The van der Waals surface area contributed by atoms with E-state index in [1.807, 2.05) is 6.92 Å². The number of carbonyl (C=O) groups is 3. The lowest BCUT2D eigenvalue weighted by atomic mass is 10.0. The summed E-state index contributed by atoms with van der Waals surface area (Å²) >= 11 is 0. The van der Waals surface area contributed by atoms with Gasteiger partial charge in [-0.1, -0.05) is 12.8 Å². The van der Waals surface area contributed by atoms with Crippen molar-refractivity contribution in [1.82, 2.24) is 9.88 Å². The summed E-state index contributed by atoms with van der Waals surface area (Å²) < 4.78 is 5.02. The molecule has 6 nitrogen and oxygen atoms in total. The molecule has 1 aliphatic rings. The van der Waals surface area contributed by atoms with Crippen molar-refractivity contribution in [2.45, 2.75) is 53.4 Å². The molecule has 0 unspecified atom stereocenters. The van der Waals surface area contributed by atoms with Gasteiger partial charge in [0.2, 0.25) is 5.91 Å². The molecule has 1 aromatic rings. The molecular weight excluding hydrogens is 320 g/mol. The molecule has 1 amide bonds. The fourth-order valence-electron chi connectivity index (χ4n) is 3.60. The van der Waals surface area contributed by atoms with E-state index in [4.69, 9.17) is 4.74 Å². The SMILES string of the molecule is CCOC(=O)c1[nH]c(C)c(C(=O)CN(CC)C(=O)C2CCCC2)c1C. The molecule has 6 heteroatoms. The fraction of sp³-hybridized carbons (Fsp3) is 0.632. The minimum absolute atomic E-state index is 0.0492. The van der Waals surface area contributed by atoms with Gasteiger partial charge in [0.15, 0.2) is 5.78 Å². The maximum atomic E-state index is 12.8. The van der Waals surface area contributed by atoms with Crippen molar-refractivity contribution in [2.24, 2.45) is 5.92 Å². The molecule has 1 aliphatic carbocycles. The van der Waals surface area contributed by atoms with E-state index in [-0.39, 0.29) is 30.8 Å². The van der Waals surface area contributed by atoms with Crippen LogP contribution in [0.4, 0.5) is 0 Å². The number of likely N-dealkylation sites (N-methyl/N-ethyl adjacent to an activating group) is 1. The zero-order valence-electron chi connectivity index (χ0n) is 15.6. The highest BCUT2D eigenvalue weighted by Crippen LogP contribution is 2.27. The van der Waals surface area contributed by atoms with Crippen molar-refractivity contribution in [1.29, 1.82) is 0 Å². The highest BCUT2D eigenvalue weighted by atomic mass is 16.5. The van der Waals surface area contributed by atoms with Crippen LogP contribution in [-0.2, 0) is 9.53 Å². The number of rotatable bonds is 7. The second-order valence-electron chi connectivity index (χ2n) is 6.60. The molecule has 0 aromatic carbocycles. The van der Waals surface area contributed by atoms with Gasteiger partial charge >= 0.3 is 5.97 Å². The van der Waals surface area contributed by atoms with Gasteiger partial charge in [0.05, 0.1) is 13.2 Å². The first-order valence-electron chi connectivity index (χ1n) is 9.08. The molecule has 25 heavy (non-hydrogen) atoms. The van der Waals surface area contributed by atoms with Crippen molar-refractivity contribution in [2.75, 3.05) is 19.7 Å². The van der Waals surface area contributed by atoms with Crippen molar-refractivity contribution >= 4 is 17.7 Å². The standard InChI is InChI=1S/C19H28N2O4/c1-5-21(18(23)14-9-7-8-10-14)11-15(22)16-12(3)17(20-13(16)4)19(24)25-6-2/h14,20H,5-11H2,1-4H3. The predicted octanol–water partition coefficient (Wildman–Crippen LogP) is 3.03. The van der Waals surface area contributed by atoms with Crippen molar-refractivity contribution in [3.8, 4) is 0 Å². The Bertz CT molecular complexity index is 657. The highest BCUT2D eigenvalue weighted by Gasteiger charge is 2.29. The number of aromatic nitrogens is 1. The smallest absolute Gasteiger partial charge is 0.355 e. The zero-order valence-corrected chi connectivity index (χ0v) is 15.6. The van der Waals surface area contributed by atoms with Gasteiger partial charge in [0, 0.05) is 23.7 Å². The maximum Gasteiger partial charge on any atom is 0.355 e. The van der Waals surface area contributed by atoms with Gasteiger partial charge in [-0.2, -0.15) is 0 Å². The van der Waals surface area contributed by atoms with E-state index in [0.29, 0.717) is 29.1 Å². The summed E-state index contributed by atoms with van der Waals surface area (Å²) in [6, 6.07) is 0. The highest BCUT2D eigenvalue weighted by molar-refractivity contribution is 6.04. The largest absolute Gasteiger partial charge is 0.461 e. The number of ether oxygens (including phenoxy) is 1. The molecule has 0 atom stereocenters. The van der Waals surface area contributed by atoms with Crippen LogP contribution in [-0.4, -0.2) is 47.2 Å². The lowest BCUT2D eigenvalue weighted by Crippen LogP contribution is -2.39. The lowest BCUT2D eigenvalue weighted by Gasteiger charge is -2.23. The summed E-state index contributed by atoms with van der Waals surface area (Å²) in [5.74, 6) is -0.479. The van der Waals surface area contributed by atoms with Gasteiger partial charge in [0.25, 0.3) is 0 Å². The number of nitrogens with one attached hydrogen (secondary N) is 1. The minimum Gasteiger partial charge on any atom is -0.461 e. The summed E-state index contributed by atoms with van der Waals surface area (Å²) in [5, 5.41) is 0. The fourth-order valence-corrected chi connectivity index (χ4v) is 3.60. The molecule has 1 heterocycles. The lowest BCUT2D eigenvalue weighted by molar-refractivity contribution is -0.134. The molecule has 0 saturated heterocycles. The van der Waals surface area contributed by atoms with Gasteiger partial charge in [0.1, 0.15) is 5.69 Å². The third-order valence-corrected chi connectivity index (χ3v) is 4.93. The van der Waals surface area contributed by atoms with Crippen LogP contribution in [0.3, 0.4) is 0 Å². The molecule has 0 spiro atoms. The number of aryl methyl sites for hydroxylation is 1. The van der Waals surface area contributed by atoms with Crippen LogP contribution in [0.25, 0.3) is 0 Å². The van der Waals surface area contributed by atoms with E-state index >= 15 is 0 Å². The Morgan fingerprint density at radius 3 is 2.36 bits per heavy atom. The summed E-state index contributed by atoms with van der Waals surface area (Å²) in [6.07, 6.45) is 4.00. The van der Waals surface area contributed by atoms with Crippen LogP contribution < -0.4 is 0 Å². The Hall–Kier alpha value is -2.11. The summed E-state index contributed by atoms with van der Waals surface area (Å²) in [6.45, 7) is 7.96. The van der Waals surface area contributed by atoms with E-state index in [9.17, 15) is 14.4 Å². The number of hydrogen-bond donors (Lipinski definition) is 1. The number of amides is 1. The average Bonchev–Trinajstić information content (AvgIpc) is 3.20. The van der Waals surface area contributed by atoms with Crippen LogP contribution in [0.2, 0.25) is 0 Å². The van der Waals surface area contributed by atoms with E-state index in [2.05, 4.69) is 4.98 Å². The number of H-pyrrole nitrogens is 1. The van der Waals surface area contributed by atoms with Gasteiger partial charge in [-0.15, -0.1) is 0 Å². The van der Waals surface area contributed by atoms with E-state index in [1.54, 1.807) is 25.7 Å². The second kappa shape index (κ2) is 8.32. The minimum atomic E-state index is -0.462. The third-order valence-electron chi connectivity index (χ3n) is 4.93. The quantitative estimate of drug-likeness (QED) is 0.607. The van der Waals surface area contributed by atoms with Crippen LogP contribution in [0.5, 0.6) is 0 Å². The van der Waals surface area contributed by atoms with Gasteiger partial charge in [-0.05, 0) is 46.1 Å². The number of esters is 1. The van der Waals surface area contributed by atoms with Gasteiger partial charge in [-0.25, -0.2) is 4.79 Å². The Morgan fingerprint density at radius 1 is 1.16 bits per heavy atom. The third kappa shape index (κ3) is 4.11. The van der Waals surface area contributed by atoms with Crippen molar-refractivity contribution < 1.29 is 19.1 Å². The molecule has 0 bridgehead atoms. The molecule has 0 radical (unpaired) electrons. The van der Waals surface area contributed by atoms with E-state index < -0.39 is 5.97 Å². The number of carbonyl (C=O) groups excluding carboxylic acids is 3. The molecule has 2 rings (SSSR count). The summed E-state index contributed by atoms with van der Waals surface area (Å²) in [4.78, 5) is 42.0. The Morgan fingerprint density at radius 2 is 1.80 bits per heavy atom. The Labute approximate surface area is 148 Å². The zero-order chi connectivity index (χ0) is 18.6. The number of ketones is 1. The van der Waals surface area contributed by atoms with E-state index in [1.165, 1.54) is 0 Å². The number of nitrogens with zero attached hydrogens (tertiary/aromatic N) is 1. The molecule has 1 N–H and O–H groups in total. The number of Topliss-reactive ketones (excluding diaryl/α,β-unsaturated/α-hetero) is 1. The first kappa shape index (κ1) is 19.2. The summed E-state index contributed by atoms with van der Waals surface area (Å²) in [5.41, 5.74) is 2.02. The van der Waals surface area contributed by atoms with Crippen LogP contribution in [0.1, 0.15) is 71.6 Å². The molecular formula is C19H28N2O4. The van der Waals surface area contributed by atoms with Crippen molar-refractivity contribution in [3.63, 3.8) is 0 Å². The molecule has 1 fully saturated rings. The van der Waals surface area contributed by atoms with Crippen LogP contribution >= 0.6 is 0 Å². The topological polar surface area (TPSA) is 79.5 Å². The molecule has 1 aromatic heterocycles. The monoisotopic (exact) mass is 348 g/mol. The number of aromatic amines is 1. The van der Waals surface area contributed by atoms with Crippen LogP contribution in [0, 0.1) is 19.8 Å². The summed E-state index contributed by atoms with van der Waals surface area (Å²) in [7, 11) is 0. The Balaban J connectivity index is 2.16. The average molecular weight is 348 g/mol. The second-order valence-corrected chi connectivity index (χ2v) is 6.60. The first-order chi connectivity index (χ1) is 11.9. The van der Waals surface area contributed by atoms with E-state index in [0.717, 1.165) is 25.7 Å².